The Morgan fingerprint density at radius 2 is 1.48 bits per heavy atom. The van der Waals surface area contributed by atoms with Crippen LogP contribution in [0.3, 0.4) is 0 Å². The van der Waals surface area contributed by atoms with E-state index in [1.807, 2.05) is 6.92 Å². The highest BCUT2D eigenvalue weighted by Crippen LogP contribution is 2.45. The quantitative estimate of drug-likeness (QED) is 0.311. The van der Waals surface area contributed by atoms with Gasteiger partial charge in [-0.1, -0.05) is 72.6 Å². The third-order valence-electron chi connectivity index (χ3n) is 7.78. The van der Waals surface area contributed by atoms with Crippen LogP contribution in [0.5, 0.6) is 11.5 Å². The highest BCUT2D eigenvalue weighted by atomic mass is 16.5. The van der Waals surface area contributed by atoms with Crippen LogP contribution in [-0.2, 0) is 6.42 Å². The Hall–Kier alpha value is -1.71. The first-order valence-electron chi connectivity index (χ1n) is 13.2. The van der Waals surface area contributed by atoms with Crippen molar-refractivity contribution in [3.05, 3.63) is 22.3 Å². The first-order valence-corrected chi connectivity index (χ1v) is 13.2. The molecule has 1 heterocycles. The molecule has 0 aliphatic carbocycles. The van der Waals surface area contributed by atoms with Gasteiger partial charge in [-0.3, -0.25) is 0 Å². The van der Waals surface area contributed by atoms with E-state index in [4.69, 9.17) is 4.74 Å². The van der Waals surface area contributed by atoms with Crippen LogP contribution in [0, 0.1) is 31.6 Å². The number of fused-ring (bicyclic) bond motifs is 1. The van der Waals surface area contributed by atoms with E-state index >= 15 is 0 Å². The van der Waals surface area contributed by atoms with E-state index < -0.39 is 5.97 Å². The van der Waals surface area contributed by atoms with Gasteiger partial charge in [-0.15, -0.1) is 0 Å². The van der Waals surface area contributed by atoms with E-state index in [-0.39, 0.29) is 16.9 Å². The lowest BCUT2D eigenvalue weighted by Crippen LogP contribution is -2.37. The zero-order valence-electron chi connectivity index (χ0n) is 22.2. The van der Waals surface area contributed by atoms with Crippen molar-refractivity contribution in [1.29, 1.82) is 0 Å². The molecule has 2 rings (SSSR count). The lowest BCUT2D eigenvalue weighted by molar-refractivity contribution is 0.0474. The van der Waals surface area contributed by atoms with Gasteiger partial charge in [0.2, 0.25) is 0 Å². The fourth-order valence-electron chi connectivity index (χ4n) is 5.37. The van der Waals surface area contributed by atoms with Crippen LogP contribution in [0.4, 0.5) is 0 Å². The number of ether oxygens (including phenoxy) is 1. The van der Waals surface area contributed by atoms with Gasteiger partial charge in [0, 0.05) is 11.1 Å². The van der Waals surface area contributed by atoms with Crippen molar-refractivity contribution in [2.24, 2.45) is 17.8 Å². The Labute approximate surface area is 202 Å². The molecule has 2 N–H and O–H groups in total. The molecule has 1 aromatic carbocycles. The molecule has 0 radical (unpaired) electrons. The average Bonchev–Trinajstić information content (AvgIpc) is 2.71. The van der Waals surface area contributed by atoms with Crippen molar-refractivity contribution >= 4 is 5.97 Å². The van der Waals surface area contributed by atoms with Crippen LogP contribution in [0.25, 0.3) is 0 Å². The molecule has 3 atom stereocenters. The van der Waals surface area contributed by atoms with Crippen molar-refractivity contribution < 1.29 is 19.7 Å². The van der Waals surface area contributed by atoms with Crippen molar-refractivity contribution in [2.45, 2.75) is 125 Å². The highest BCUT2D eigenvalue weighted by molar-refractivity contribution is 5.94. The molecule has 3 unspecified atom stereocenters. The van der Waals surface area contributed by atoms with Gasteiger partial charge in [-0.25, -0.2) is 4.79 Å². The number of aromatic hydroxyl groups is 1. The predicted molar refractivity (Wildman–Crippen MR) is 137 cm³/mol. The molecular formula is C29H48O4. The molecule has 1 aliphatic rings. The van der Waals surface area contributed by atoms with Crippen LogP contribution in [0.15, 0.2) is 0 Å². The number of carboxylic acids is 1. The lowest BCUT2D eigenvalue weighted by Gasteiger charge is -2.38. The Morgan fingerprint density at radius 3 is 2.03 bits per heavy atom. The number of benzene rings is 1. The van der Waals surface area contributed by atoms with Gasteiger partial charge in [-0.05, 0) is 69.8 Å². The number of carbonyl (C=O) groups is 1. The van der Waals surface area contributed by atoms with Crippen LogP contribution >= 0.6 is 0 Å². The van der Waals surface area contributed by atoms with E-state index in [0.29, 0.717) is 17.2 Å². The first kappa shape index (κ1) is 27.5. The van der Waals surface area contributed by atoms with E-state index in [1.54, 1.807) is 6.92 Å². The molecule has 0 amide bonds. The van der Waals surface area contributed by atoms with Gasteiger partial charge in [-0.2, -0.15) is 0 Å². The maximum atomic E-state index is 11.9. The Bertz CT molecular complexity index is 798. The fourth-order valence-corrected chi connectivity index (χ4v) is 5.37. The molecule has 0 saturated carbocycles. The molecule has 0 saturated heterocycles. The summed E-state index contributed by atoms with van der Waals surface area (Å²) in [5, 5.41) is 20.1. The summed E-state index contributed by atoms with van der Waals surface area (Å²) < 4.78 is 6.39. The minimum Gasteiger partial charge on any atom is -0.507 e. The van der Waals surface area contributed by atoms with Gasteiger partial charge in [0.05, 0.1) is 0 Å². The molecule has 4 nitrogen and oxygen atoms in total. The van der Waals surface area contributed by atoms with Gasteiger partial charge >= 0.3 is 5.97 Å². The lowest BCUT2D eigenvalue weighted by atomic mass is 9.83. The molecule has 0 aromatic heterocycles. The topological polar surface area (TPSA) is 66.8 Å². The number of hydrogen-bond acceptors (Lipinski definition) is 3. The summed E-state index contributed by atoms with van der Waals surface area (Å²) in [7, 11) is 0. The van der Waals surface area contributed by atoms with E-state index in [1.165, 1.54) is 44.9 Å². The van der Waals surface area contributed by atoms with Crippen molar-refractivity contribution in [2.75, 3.05) is 0 Å². The highest BCUT2D eigenvalue weighted by Gasteiger charge is 2.36. The van der Waals surface area contributed by atoms with E-state index in [0.717, 1.165) is 48.6 Å². The minimum atomic E-state index is -1.03. The number of rotatable bonds is 13. The van der Waals surface area contributed by atoms with Crippen LogP contribution in [-0.4, -0.2) is 21.8 Å². The van der Waals surface area contributed by atoms with Gasteiger partial charge in [0.25, 0.3) is 0 Å². The fraction of sp³-hybridized carbons (Fsp3) is 0.759. The molecule has 0 fully saturated rings. The Morgan fingerprint density at radius 1 is 0.939 bits per heavy atom. The van der Waals surface area contributed by atoms with Crippen LogP contribution in [0.1, 0.15) is 126 Å². The second-order valence-corrected chi connectivity index (χ2v) is 11.5. The minimum absolute atomic E-state index is 0.0846. The van der Waals surface area contributed by atoms with Gasteiger partial charge in [0.15, 0.2) is 0 Å². The Kier molecular flexibility index (Phi) is 10.1. The van der Waals surface area contributed by atoms with Gasteiger partial charge in [0.1, 0.15) is 22.7 Å². The maximum absolute atomic E-state index is 11.9. The smallest absolute Gasteiger partial charge is 0.339 e. The third kappa shape index (κ3) is 7.65. The van der Waals surface area contributed by atoms with Crippen LogP contribution < -0.4 is 4.74 Å². The van der Waals surface area contributed by atoms with E-state index in [9.17, 15) is 15.0 Å². The SMILES string of the molecule is Cc1c(O)c(C)c(C(=O)O)c2c1CCC(C)(CCCC(C)CCCC(C)CCCC(C)C)O2. The summed E-state index contributed by atoms with van der Waals surface area (Å²) in [6.45, 7) is 15.0. The molecule has 0 bridgehead atoms. The standard InChI is InChI=1S/C29H48O4/c1-19(2)11-8-12-20(3)13-9-14-21(4)15-10-17-29(7)18-16-24-22(5)26(30)23(6)25(28(31)32)27(24)33-29/h19-21,30H,8-18H2,1-7H3,(H,31,32). The molecule has 0 spiro atoms. The normalized spacial score (nSPS) is 19.8. The summed E-state index contributed by atoms with van der Waals surface area (Å²) in [4.78, 5) is 11.9. The number of phenols is 1. The summed E-state index contributed by atoms with van der Waals surface area (Å²) in [5.41, 5.74) is 1.77. The number of phenolic OH excluding ortho intramolecular Hbond substituents is 1. The van der Waals surface area contributed by atoms with Gasteiger partial charge < -0.3 is 14.9 Å². The summed E-state index contributed by atoms with van der Waals surface area (Å²) in [6, 6.07) is 0. The zero-order valence-corrected chi connectivity index (χ0v) is 22.2. The predicted octanol–water partition coefficient (Wildman–Crippen LogP) is 8.23. The maximum Gasteiger partial charge on any atom is 0.339 e. The monoisotopic (exact) mass is 460 g/mol. The van der Waals surface area contributed by atoms with Crippen molar-refractivity contribution in [3.63, 3.8) is 0 Å². The molecular weight excluding hydrogens is 412 g/mol. The first-order chi connectivity index (χ1) is 15.4. The molecule has 33 heavy (non-hydrogen) atoms. The summed E-state index contributed by atoms with van der Waals surface area (Å²) >= 11 is 0. The molecule has 188 valence electrons. The molecule has 1 aliphatic heterocycles. The van der Waals surface area contributed by atoms with E-state index in [2.05, 4.69) is 34.6 Å². The average molecular weight is 461 g/mol. The van der Waals surface area contributed by atoms with Crippen molar-refractivity contribution in [1.82, 2.24) is 0 Å². The molecule has 1 aromatic rings. The molecule has 4 heteroatoms. The second kappa shape index (κ2) is 12.1. The summed E-state index contributed by atoms with van der Waals surface area (Å²) in [5.74, 6) is 1.89. The zero-order chi connectivity index (χ0) is 24.8. The number of aromatic carboxylic acids is 1. The number of hydrogen-bond donors (Lipinski definition) is 2. The second-order valence-electron chi connectivity index (χ2n) is 11.5. The summed E-state index contributed by atoms with van der Waals surface area (Å²) in [6.07, 6.45) is 12.8. The largest absolute Gasteiger partial charge is 0.507 e. The van der Waals surface area contributed by atoms with Crippen molar-refractivity contribution in [3.8, 4) is 11.5 Å². The van der Waals surface area contributed by atoms with Crippen LogP contribution in [0.2, 0.25) is 0 Å². The third-order valence-corrected chi connectivity index (χ3v) is 7.78. The number of carboxylic acid groups (broad SMARTS) is 1. The Balaban J connectivity index is 1.83.